The van der Waals surface area contributed by atoms with E-state index in [0.29, 0.717) is 12.2 Å². The van der Waals surface area contributed by atoms with Crippen molar-refractivity contribution >= 4 is 23.9 Å². The Bertz CT molecular complexity index is 1130. The lowest BCUT2D eigenvalue weighted by Crippen LogP contribution is -2.58. The fraction of sp³-hybridized carbons (Fsp3) is 0.500. The Morgan fingerprint density at radius 1 is 1.13 bits per heavy atom. The molecule has 3 amide bonds. The van der Waals surface area contributed by atoms with Crippen LogP contribution in [-0.4, -0.2) is 48.8 Å². The summed E-state index contributed by atoms with van der Waals surface area (Å²) in [6.07, 6.45) is 4.97. The zero-order valence-corrected chi connectivity index (χ0v) is 23.3. The molecule has 1 unspecified atom stereocenters. The van der Waals surface area contributed by atoms with E-state index < -0.39 is 6.04 Å². The van der Waals surface area contributed by atoms with Crippen molar-refractivity contribution in [3.8, 4) is 0 Å². The molecular weight excluding hydrogens is 478 g/mol. The quantitative estimate of drug-likeness (QED) is 0.344. The molecule has 0 saturated heterocycles. The molecule has 0 bridgehead atoms. The van der Waals surface area contributed by atoms with Crippen LogP contribution in [0.1, 0.15) is 68.8 Å². The van der Waals surface area contributed by atoms with E-state index in [1.165, 1.54) is 23.1 Å². The number of anilines is 1. The van der Waals surface area contributed by atoms with Crippen LogP contribution in [-0.2, 0) is 33.8 Å². The summed E-state index contributed by atoms with van der Waals surface area (Å²) in [6, 6.07) is 14.0. The Balaban J connectivity index is 0.000000256. The number of carbonyl (C=O) groups excluding carboxylic acids is 3. The summed E-state index contributed by atoms with van der Waals surface area (Å²) in [5, 5.41) is 8.57. The fourth-order valence-corrected chi connectivity index (χ4v) is 5.25. The van der Waals surface area contributed by atoms with Crippen molar-refractivity contribution < 1.29 is 14.4 Å². The van der Waals surface area contributed by atoms with Crippen molar-refractivity contribution in [3.05, 3.63) is 64.7 Å². The zero-order chi connectivity index (χ0) is 27.9. The molecule has 0 spiro atoms. The number of hydrogen-bond donors (Lipinski definition) is 4. The van der Waals surface area contributed by atoms with E-state index >= 15 is 0 Å². The predicted octanol–water partition coefficient (Wildman–Crippen LogP) is 3.10. The Hall–Kier alpha value is -3.39. The normalized spacial score (nSPS) is 19.1. The molecule has 8 heteroatoms. The molecule has 3 atom stereocenters. The van der Waals surface area contributed by atoms with Crippen LogP contribution < -0.4 is 21.7 Å². The molecule has 1 aliphatic heterocycles. The van der Waals surface area contributed by atoms with E-state index in [4.69, 9.17) is 5.73 Å². The van der Waals surface area contributed by atoms with Crippen LogP contribution in [0, 0.1) is 5.41 Å². The van der Waals surface area contributed by atoms with Gasteiger partial charge in [0, 0.05) is 18.3 Å². The third-order valence-corrected chi connectivity index (χ3v) is 7.30. The minimum Gasteiger partial charge on any atom is -0.399 e. The van der Waals surface area contributed by atoms with Crippen LogP contribution >= 0.6 is 0 Å². The van der Waals surface area contributed by atoms with E-state index in [1.807, 2.05) is 56.9 Å². The fourth-order valence-electron chi connectivity index (χ4n) is 5.25. The first-order valence-electron chi connectivity index (χ1n) is 13.4. The topological polar surface area (TPSA) is 117 Å². The van der Waals surface area contributed by atoms with E-state index in [2.05, 4.69) is 34.1 Å². The van der Waals surface area contributed by atoms with Crippen LogP contribution in [0.25, 0.3) is 0 Å². The highest BCUT2D eigenvalue weighted by atomic mass is 16.2. The highest BCUT2D eigenvalue weighted by Gasteiger charge is 2.38. The van der Waals surface area contributed by atoms with Gasteiger partial charge in [0.25, 0.3) is 0 Å². The van der Waals surface area contributed by atoms with E-state index in [-0.39, 0.29) is 35.9 Å². The van der Waals surface area contributed by atoms with Gasteiger partial charge in [0.1, 0.15) is 6.04 Å². The second-order valence-electron chi connectivity index (χ2n) is 11.4. The van der Waals surface area contributed by atoms with E-state index in [1.54, 1.807) is 7.05 Å². The molecule has 5 N–H and O–H groups in total. The predicted molar refractivity (Wildman–Crippen MR) is 151 cm³/mol. The number of nitrogens with two attached hydrogens (primary N) is 1. The van der Waals surface area contributed by atoms with E-state index in [9.17, 15) is 14.4 Å². The molecule has 4 rings (SSSR count). The number of aryl methyl sites for hydroxylation is 1. The first-order valence-corrected chi connectivity index (χ1v) is 13.4. The number of amides is 3. The lowest BCUT2D eigenvalue weighted by Gasteiger charge is -2.40. The second-order valence-corrected chi connectivity index (χ2v) is 11.4. The summed E-state index contributed by atoms with van der Waals surface area (Å²) in [4.78, 5) is 37.5. The summed E-state index contributed by atoms with van der Waals surface area (Å²) >= 11 is 0. The Morgan fingerprint density at radius 2 is 1.87 bits per heavy atom. The van der Waals surface area contributed by atoms with Gasteiger partial charge in [-0.1, -0.05) is 51.1 Å². The first-order chi connectivity index (χ1) is 18.0. The van der Waals surface area contributed by atoms with Crippen LogP contribution in [0.15, 0.2) is 42.5 Å². The number of nitrogens with zero attached hydrogens (tertiary/aromatic N) is 1. The lowest BCUT2D eigenvalue weighted by atomic mass is 9.84. The molecule has 0 fully saturated rings. The largest absolute Gasteiger partial charge is 0.399 e. The molecule has 8 nitrogen and oxygen atoms in total. The molecule has 0 aromatic heterocycles. The maximum atomic E-state index is 13.2. The minimum absolute atomic E-state index is 0.0440. The zero-order valence-electron chi connectivity index (χ0n) is 23.3. The molecule has 2 aromatic rings. The van der Waals surface area contributed by atoms with Crippen molar-refractivity contribution in [1.29, 1.82) is 0 Å². The van der Waals surface area contributed by atoms with Gasteiger partial charge in [0.05, 0.1) is 12.6 Å². The van der Waals surface area contributed by atoms with Crippen LogP contribution in [0.3, 0.4) is 0 Å². The molecule has 2 aromatic carbocycles. The summed E-state index contributed by atoms with van der Waals surface area (Å²) in [6.45, 7) is 8.66. The number of fused-ring (bicyclic) bond motifs is 2. The van der Waals surface area contributed by atoms with Gasteiger partial charge in [-0.2, -0.15) is 0 Å². The van der Waals surface area contributed by atoms with E-state index in [0.717, 1.165) is 31.2 Å². The smallest absolute Gasteiger partial charge is 0.246 e. The maximum Gasteiger partial charge on any atom is 0.246 e. The highest BCUT2D eigenvalue weighted by molar-refractivity contribution is 5.89. The Labute approximate surface area is 226 Å². The van der Waals surface area contributed by atoms with Crippen molar-refractivity contribution in [1.82, 2.24) is 20.9 Å². The van der Waals surface area contributed by atoms with Gasteiger partial charge in [-0.15, -0.1) is 0 Å². The van der Waals surface area contributed by atoms with Crippen molar-refractivity contribution in [2.75, 3.05) is 19.3 Å². The molecule has 1 heterocycles. The molecule has 38 heavy (non-hydrogen) atoms. The third kappa shape index (κ3) is 7.34. The average Bonchev–Trinajstić information content (AvgIpc) is 2.87. The van der Waals surface area contributed by atoms with Crippen molar-refractivity contribution in [2.45, 2.75) is 78.0 Å². The summed E-state index contributed by atoms with van der Waals surface area (Å²) < 4.78 is 0. The minimum atomic E-state index is -0.571. The van der Waals surface area contributed by atoms with Gasteiger partial charge in [-0.3, -0.25) is 14.4 Å². The molecule has 0 radical (unpaired) electrons. The van der Waals surface area contributed by atoms with Gasteiger partial charge in [-0.05, 0) is 79.5 Å². The van der Waals surface area contributed by atoms with Crippen LogP contribution in [0.5, 0.6) is 0 Å². The number of hydrogen-bond acceptors (Lipinski definition) is 5. The molecular formula is C30H43N5O3. The molecule has 0 saturated carbocycles. The van der Waals surface area contributed by atoms with Gasteiger partial charge in [0.15, 0.2) is 0 Å². The highest BCUT2D eigenvalue weighted by Crippen LogP contribution is 2.30. The SMILES string of the molecule is CNCC(=O)NC(C(=O)N1Cc2cc(N)ccc2C[C@H]1C)C(C)(C)C.O=CN[C@@H]1CCCc2ccccc21. The maximum absolute atomic E-state index is 13.2. The van der Waals surface area contributed by atoms with Crippen molar-refractivity contribution in [2.24, 2.45) is 5.41 Å². The number of carbonyl (C=O) groups is 3. The van der Waals surface area contributed by atoms with Gasteiger partial charge >= 0.3 is 0 Å². The Morgan fingerprint density at radius 3 is 2.55 bits per heavy atom. The van der Waals surface area contributed by atoms with Gasteiger partial charge in [0.2, 0.25) is 18.2 Å². The first kappa shape index (κ1) is 29.2. The van der Waals surface area contributed by atoms with Crippen LogP contribution in [0.4, 0.5) is 5.69 Å². The number of benzene rings is 2. The Kier molecular flexibility index (Phi) is 9.91. The average molecular weight is 522 g/mol. The standard InChI is InChI=1S/C19H30N4O2.C11H13NO/c1-12-8-13-6-7-15(20)9-14(13)11-23(12)18(25)17(19(2,3)4)22-16(24)10-21-5;13-8-12-11-7-3-5-9-4-1-2-6-10(9)11/h6-7,9,12,17,21H,8,10-11,20H2,1-5H3,(H,22,24);1-2,4,6,8,11H,3,5,7H2,(H,12,13)/t12-,17?;11-/m11/s1. The monoisotopic (exact) mass is 521 g/mol. The van der Waals surface area contributed by atoms with Gasteiger partial charge < -0.3 is 26.6 Å². The summed E-state index contributed by atoms with van der Waals surface area (Å²) in [7, 11) is 1.71. The molecule has 206 valence electrons. The molecule has 1 aliphatic carbocycles. The number of nitrogens with one attached hydrogen (secondary N) is 3. The second kappa shape index (κ2) is 12.9. The van der Waals surface area contributed by atoms with Crippen molar-refractivity contribution in [3.63, 3.8) is 0 Å². The van der Waals surface area contributed by atoms with Gasteiger partial charge in [-0.25, -0.2) is 0 Å². The summed E-state index contributed by atoms with van der Waals surface area (Å²) in [5.74, 6) is -0.220. The third-order valence-electron chi connectivity index (χ3n) is 7.30. The number of rotatable bonds is 6. The number of nitrogen functional groups attached to an aromatic ring is 1. The lowest BCUT2D eigenvalue weighted by molar-refractivity contribution is -0.142. The van der Waals surface area contributed by atoms with Crippen LogP contribution in [0.2, 0.25) is 0 Å². The molecule has 2 aliphatic rings. The summed E-state index contributed by atoms with van der Waals surface area (Å²) in [5.41, 5.74) is 11.2. The number of likely N-dealkylation sites (N-methyl/N-ethyl adjacent to an activating group) is 1.